The van der Waals surface area contributed by atoms with Gasteiger partial charge in [-0.3, -0.25) is 9.59 Å². The van der Waals surface area contributed by atoms with E-state index in [4.69, 9.17) is 9.97 Å². The van der Waals surface area contributed by atoms with Crippen molar-refractivity contribution < 1.29 is 9.59 Å². The van der Waals surface area contributed by atoms with E-state index in [1.807, 2.05) is 89.8 Å². The van der Waals surface area contributed by atoms with Gasteiger partial charge in [0.2, 0.25) is 11.8 Å². The van der Waals surface area contributed by atoms with Gasteiger partial charge in [-0.15, -0.1) is 22.7 Å². The Morgan fingerprint density at radius 2 is 1.12 bits per heavy atom. The zero-order valence-electron chi connectivity index (χ0n) is 28.7. The summed E-state index contributed by atoms with van der Waals surface area (Å²) in [6.07, 6.45) is 8.25. The van der Waals surface area contributed by atoms with Crippen LogP contribution in [0.4, 0.5) is 0 Å². The molecule has 2 aliphatic heterocycles. The van der Waals surface area contributed by atoms with E-state index in [1.54, 1.807) is 22.7 Å². The van der Waals surface area contributed by atoms with Gasteiger partial charge in [0.25, 0.3) is 0 Å². The average Bonchev–Trinajstić information content (AvgIpc) is 4.02. The molecule has 51 heavy (non-hydrogen) atoms. The van der Waals surface area contributed by atoms with Crippen molar-refractivity contribution >= 4 is 34.5 Å². The van der Waals surface area contributed by atoms with E-state index in [2.05, 4.69) is 48.5 Å². The fourth-order valence-electron chi connectivity index (χ4n) is 7.42. The second-order valence-corrected chi connectivity index (χ2v) is 15.6. The van der Waals surface area contributed by atoms with Crippen LogP contribution < -0.4 is 0 Å². The molecule has 2 aromatic heterocycles. The largest absolute Gasteiger partial charge is 0.333 e. The number of carbonyl (C=O) groups is 2. The molecule has 4 aromatic carbocycles. The summed E-state index contributed by atoms with van der Waals surface area (Å²) in [5.74, 6) is 0.184. The summed E-state index contributed by atoms with van der Waals surface area (Å²) in [5.41, 5.74) is 6.68. The molecule has 6 nitrogen and oxygen atoms in total. The monoisotopic (exact) mass is 708 g/mol. The molecule has 256 valence electrons. The molecule has 0 saturated carbocycles. The Balaban J connectivity index is 0.915. The lowest BCUT2D eigenvalue weighted by Gasteiger charge is -2.26. The van der Waals surface area contributed by atoms with E-state index < -0.39 is 0 Å². The van der Waals surface area contributed by atoms with E-state index in [0.29, 0.717) is 6.42 Å². The third kappa shape index (κ3) is 7.03. The van der Waals surface area contributed by atoms with Gasteiger partial charge < -0.3 is 9.80 Å². The third-order valence-electron chi connectivity index (χ3n) is 10.3. The number of carbonyl (C=O) groups excluding carboxylic acids is 2. The van der Waals surface area contributed by atoms with E-state index >= 15 is 0 Å². The first-order valence-electron chi connectivity index (χ1n) is 17.8. The zero-order chi connectivity index (χ0) is 34.7. The first kappa shape index (κ1) is 33.2. The van der Waals surface area contributed by atoms with E-state index in [-0.39, 0.29) is 29.8 Å². The molecule has 3 atom stereocenters. The fraction of sp³-hybridized carbons (Fsp3) is 0.256. The number of hydrogen-bond acceptors (Lipinski definition) is 6. The Morgan fingerprint density at radius 1 is 0.647 bits per heavy atom. The third-order valence-corrected chi connectivity index (χ3v) is 12.6. The van der Waals surface area contributed by atoms with E-state index in [9.17, 15) is 9.59 Å². The molecular weight excluding hydrogens is 669 g/mol. The maximum atomic E-state index is 13.5. The molecule has 0 unspecified atom stereocenters. The molecule has 0 N–H and O–H groups in total. The number of thiazole rings is 2. The molecule has 2 amide bonds. The normalized spacial score (nSPS) is 17.9. The molecule has 8 heteroatoms. The minimum Gasteiger partial charge on any atom is -0.333 e. The maximum absolute atomic E-state index is 13.5. The number of aromatic nitrogens is 2. The summed E-state index contributed by atoms with van der Waals surface area (Å²) in [6, 6.07) is 37.5. The van der Waals surface area contributed by atoms with Crippen LogP contribution in [0.1, 0.15) is 71.8 Å². The smallest absolute Gasteiger partial charge is 0.230 e. The standard InChI is InChI=1S/C43H40N4O2S2/c1-29(31-12-6-3-7-13-31)43(49)47-25-9-15-37(47)42-45-28-39(51-42)35-22-18-33(19-23-35)32-16-20-34(21-17-32)38-27-44-41(50-38)36-14-8-24-46(36)40(48)26-30-10-4-2-5-11-30/h2-7,10-13,16-23,27-29,36-37H,8-9,14-15,24-26H2,1H3/t29-,36-,37-/m1/s1. The Hall–Kier alpha value is -4.92. The highest BCUT2D eigenvalue weighted by atomic mass is 32.1. The van der Waals surface area contributed by atoms with Crippen LogP contribution in [-0.4, -0.2) is 44.7 Å². The molecule has 4 heterocycles. The second-order valence-electron chi connectivity index (χ2n) is 13.5. The SMILES string of the molecule is C[C@@H](C(=O)N1CCC[C@@H]1c1ncc(-c2ccc(-c3ccc(-c4cnc([C@H]5CCCN5C(=O)Cc5ccccc5)s4)cc3)cc2)s1)c1ccccc1. The minimum atomic E-state index is -0.169. The number of rotatable bonds is 9. The topological polar surface area (TPSA) is 66.4 Å². The van der Waals surface area contributed by atoms with Crippen molar-refractivity contribution in [2.45, 2.75) is 57.0 Å². The zero-order valence-corrected chi connectivity index (χ0v) is 30.3. The Bertz CT molecular complexity index is 2110. The molecule has 0 spiro atoms. The van der Waals surface area contributed by atoms with Crippen LogP contribution in [0.2, 0.25) is 0 Å². The minimum absolute atomic E-state index is 0.0362. The Kier molecular flexibility index (Phi) is 9.61. The van der Waals surface area contributed by atoms with Gasteiger partial charge in [0.15, 0.2) is 0 Å². The van der Waals surface area contributed by atoms with E-state index in [0.717, 1.165) is 91.9 Å². The van der Waals surface area contributed by atoms with Gasteiger partial charge in [0.1, 0.15) is 10.0 Å². The number of hydrogen-bond donors (Lipinski definition) is 0. The first-order chi connectivity index (χ1) is 25.0. The first-order valence-corrected chi connectivity index (χ1v) is 19.5. The summed E-state index contributed by atoms with van der Waals surface area (Å²) < 4.78 is 0. The second kappa shape index (κ2) is 14.7. The fourth-order valence-corrected chi connectivity index (χ4v) is 9.56. The van der Waals surface area contributed by atoms with Gasteiger partial charge in [-0.1, -0.05) is 109 Å². The Morgan fingerprint density at radius 3 is 1.67 bits per heavy atom. The molecule has 2 fully saturated rings. The summed E-state index contributed by atoms with van der Waals surface area (Å²) in [4.78, 5) is 42.6. The highest BCUT2D eigenvalue weighted by molar-refractivity contribution is 7.15. The maximum Gasteiger partial charge on any atom is 0.230 e. The highest BCUT2D eigenvalue weighted by Crippen LogP contribution is 2.40. The van der Waals surface area contributed by atoms with Gasteiger partial charge in [0.05, 0.1) is 34.2 Å². The lowest BCUT2D eigenvalue weighted by atomic mass is 9.99. The van der Waals surface area contributed by atoms with Crippen molar-refractivity contribution in [1.82, 2.24) is 19.8 Å². The molecule has 8 rings (SSSR count). The van der Waals surface area contributed by atoms with Crippen molar-refractivity contribution in [2.75, 3.05) is 13.1 Å². The van der Waals surface area contributed by atoms with Crippen LogP contribution in [0.5, 0.6) is 0 Å². The van der Waals surface area contributed by atoms with Crippen LogP contribution in [0.25, 0.3) is 32.0 Å². The predicted molar refractivity (Wildman–Crippen MR) is 206 cm³/mol. The van der Waals surface area contributed by atoms with Crippen LogP contribution >= 0.6 is 22.7 Å². The van der Waals surface area contributed by atoms with Crippen molar-refractivity contribution in [3.8, 4) is 32.0 Å². The molecule has 6 aromatic rings. The molecule has 2 aliphatic rings. The van der Waals surface area contributed by atoms with Crippen LogP contribution in [0, 0.1) is 0 Å². The van der Waals surface area contributed by atoms with Crippen molar-refractivity contribution in [3.05, 3.63) is 143 Å². The molecule has 0 aliphatic carbocycles. The van der Waals surface area contributed by atoms with Gasteiger partial charge in [-0.05, 0) is 66.0 Å². The van der Waals surface area contributed by atoms with Crippen molar-refractivity contribution in [1.29, 1.82) is 0 Å². The van der Waals surface area contributed by atoms with Gasteiger partial charge in [-0.2, -0.15) is 0 Å². The number of likely N-dealkylation sites (tertiary alicyclic amines) is 2. The molecular formula is C43H40N4O2S2. The summed E-state index contributed by atoms with van der Waals surface area (Å²) in [6.45, 7) is 3.58. The predicted octanol–water partition coefficient (Wildman–Crippen LogP) is 9.97. The van der Waals surface area contributed by atoms with Crippen LogP contribution in [-0.2, 0) is 16.0 Å². The van der Waals surface area contributed by atoms with Gasteiger partial charge >= 0.3 is 0 Å². The van der Waals surface area contributed by atoms with Crippen molar-refractivity contribution in [2.24, 2.45) is 0 Å². The number of nitrogens with zero attached hydrogens (tertiary/aromatic N) is 4. The number of benzene rings is 4. The lowest BCUT2D eigenvalue weighted by molar-refractivity contribution is -0.133. The summed E-state index contributed by atoms with van der Waals surface area (Å²) in [5, 5.41) is 2.03. The van der Waals surface area contributed by atoms with Crippen LogP contribution in [0.15, 0.2) is 122 Å². The highest BCUT2D eigenvalue weighted by Gasteiger charge is 2.35. The molecule has 2 saturated heterocycles. The van der Waals surface area contributed by atoms with Crippen molar-refractivity contribution in [3.63, 3.8) is 0 Å². The van der Waals surface area contributed by atoms with Gasteiger partial charge in [0, 0.05) is 25.5 Å². The average molecular weight is 709 g/mol. The summed E-state index contributed by atoms with van der Waals surface area (Å²) in [7, 11) is 0. The van der Waals surface area contributed by atoms with E-state index in [1.165, 1.54) is 0 Å². The summed E-state index contributed by atoms with van der Waals surface area (Å²) >= 11 is 3.39. The lowest BCUT2D eigenvalue weighted by Crippen LogP contribution is -2.33. The van der Waals surface area contributed by atoms with Crippen LogP contribution in [0.3, 0.4) is 0 Å². The molecule has 0 bridgehead atoms. The quantitative estimate of drug-likeness (QED) is 0.150. The molecule has 0 radical (unpaired) electrons. The number of amides is 2. The Labute approximate surface area is 307 Å². The van der Waals surface area contributed by atoms with Gasteiger partial charge in [-0.25, -0.2) is 9.97 Å².